The molecule has 2 aliphatic heterocycles. The van der Waals surface area contributed by atoms with Crippen molar-refractivity contribution >= 4 is 96.2 Å². The van der Waals surface area contributed by atoms with Gasteiger partial charge in [-0.2, -0.15) is 0 Å². The fraction of sp³-hybridized carbons (Fsp3) is 0.368. The maximum Gasteiger partial charge on any atom is 0.252 e. The summed E-state index contributed by atoms with van der Waals surface area (Å²) in [4.78, 5) is 7.75. The third-order valence-electron chi connectivity index (χ3n) is 19.6. The van der Waals surface area contributed by atoms with Gasteiger partial charge in [0.25, 0.3) is 6.71 Å². The molecule has 2 aliphatic carbocycles. The van der Waals surface area contributed by atoms with Crippen molar-refractivity contribution in [1.29, 1.82) is 0 Å². The second-order valence-electron chi connectivity index (χ2n) is 30.6. The average molecular weight is 1070 g/mol. The van der Waals surface area contributed by atoms with E-state index in [4.69, 9.17) is 4.42 Å². The van der Waals surface area contributed by atoms with Crippen LogP contribution in [-0.4, -0.2) is 6.71 Å². The van der Waals surface area contributed by atoms with Crippen molar-refractivity contribution in [2.45, 2.75) is 182 Å². The molecule has 0 atom stereocenters. The molecule has 0 amide bonds. The van der Waals surface area contributed by atoms with Gasteiger partial charge in [0.2, 0.25) is 0 Å². The quantitative estimate of drug-likeness (QED) is 0.160. The summed E-state index contributed by atoms with van der Waals surface area (Å²) in [5.41, 5.74) is 27.4. The monoisotopic (exact) mass is 1070 g/mol. The van der Waals surface area contributed by atoms with E-state index >= 15 is 0 Å². The van der Waals surface area contributed by atoms with Gasteiger partial charge in [0, 0.05) is 56.3 Å². The van der Waals surface area contributed by atoms with Crippen LogP contribution in [0, 0.1) is 6.92 Å². The Morgan fingerprint density at radius 1 is 0.457 bits per heavy atom. The van der Waals surface area contributed by atoms with E-state index in [0.29, 0.717) is 0 Å². The van der Waals surface area contributed by atoms with Crippen LogP contribution in [0.3, 0.4) is 0 Å². The third kappa shape index (κ3) is 8.35. The molecule has 13 rings (SSSR count). The van der Waals surface area contributed by atoms with Gasteiger partial charge in [0.05, 0.1) is 5.69 Å². The van der Waals surface area contributed by atoms with E-state index in [1.54, 1.807) is 0 Å². The number of furan rings is 1. The Morgan fingerprint density at radius 2 is 1.00 bits per heavy atom. The number of hydrogen-bond acceptors (Lipinski definition) is 4. The molecule has 1 aromatic heterocycles. The number of aryl methyl sites for hydroxylation is 1. The van der Waals surface area contributed by atoms with Crippen molar-refractivity contribution in [3.63, 3.8) is 0 Å². The molecule has 0 bridgehead atoms. The topological polar surface area (TPSA) is 22.9 Å². The number of benzene rings is 8. The minimum Gasteiger partial charge on any atom is -0.454 e. The Bertz CT molecular complexity index is 3990. The summed E-state index contributed by atoms with van der Waals surface area (Å²) in [5, 5.41) is 2.33. The van der Waals surface area contributed by atoms with Crippen molar-refractivity contribution in [2.75, 3.05) is 14.7 Å². The lowest BCUT2D eigenvalue weighted by Crippen LogP contribution is -2.61. The van der Waals surface area contributed by atoms with E-state index in [9.17, 15) is 0 Å². The lowest BCUT2D eigenvalue weighted by molar-refractivity contribution is 0.332. The predicted molar refractivity (Wildman–Crippen MR) is 349 cm³/mol. The fourth-order valence-electron chi connectivity index (χ4n) is 15.3. The zero-order valence-electron chi connectivity index (χ0n) is 51.8. The van der Waals surface area contributed by atoms with Gasteiger partial charge >= 0.3 is 0 Å². The van der Waals surface area contributed by atoms with E-state index in [-0.39, 0.29) is 44.6 Å². The van der Waals surface area contributed by atoms with E-state index in [2.05, 4.69) is 285 Å². The summed E-state index contributed by atoms with van der Waals surface area (Å²) >= 11 is 0. The van der Waals surface area contributed by atoms with Crippen LogP contribution in [0.1, 0.15) is 181 Å². The van der Waals surface area contributed by atoms with Crippen LogP contribution in [0.15, 0.2) is 150 Å². The molecule has 81 heavy (non-hydrogen) atoms. The lowest BCUT2D eigenvalue weighted by atomic mass is 9.33. The summed E-state index contributed by atoms with van der Waals surface area (Å²) in [6, 6.07) is 57.2. The van der Waals surface area contributed by atoms with Gasteiger partial charge in [-0.15, -0.1) is 0 Å². The first-order valence-electron chi connectivity index (χ1n) is 30.1. The fourth-order valence-corrected chi connectivity index (χ4v) is 15.3. The number of rotatable bonds is 5. The Balaban J connectivity index is 1.14. The predicted octanol–water partition coefficient (Wildman–Crippen LogP) is 19.6. The minimum atomic E-state index is -0.138. The van der Waals surface area contributed by atoms with Crippen LogP contribution < -0.4 is 31.1 Å². The van der Waals surface area contributed by atoms with E-state index in [1.165, 1.54) is 95.5 Å². The number of para-hydroxylation sites is 1. The number of anilines is 9. The Kier molecular flexibility index (Phi) is 11.5. The molecule has 4 nitrogen and oxygen atoms in total. The van der Waals surface area contributed by atoms with Gasteiger partial charge in [0.15, 0.2) is 5.58 Å². The molecular weight excluding hydrogens is 982 g/mol. The van der Waals surface area contributed by atoms with Crippen molar-refractivity contribution < 1.29 is 4.42 Å². The van der Waals surface area contributed by atoms with Gasteiger partial charge in [-0.1, -0.05) is 184 Å². The highest BCUT2D eigenvalue weighted by molar-refractivity contribution is 7.00. The molecule has 0 unspecified atom stereocenters. The van der Waals surface area contributed by atoms with Crippen LogP contribution >= 0.6 is 0 Å². The molecule has 8 aromatic carbocycles. The molecule has 0 N–H and O–H groups in total. The summed E-state index contributed by atoms with van der Waals surface area (Å²) in [6.45, 7) is 42.7. The van der Waals surface area contributed by atoms with Crippen LogP contribution in [0.4, 0.5) is 51.2 Å². The van der Waals surface area contributed by atoms with Crippen molar-refractivity contribution in [2.24, 2.45) is 0 Å². The first-order chi connectivity index (χ1) is 37.9. The molecule has 0 saturated heterocycles. The molecule has 0 fully saturated rings. The van der Waals surface area contributed by atoms with Crippen LogP contribution in [-0.2, 0) is 37.9 Å². The molecule has 0 saturated carbocycles. The second kappa shape index (κ2) is 17.5. The van der Waals surface area contributed by atoms with Gasteiger partial charge in [-0.05, 0) is 204 Å². The van der Waals surface area contributed by atoms with Gasteiger partial charge in [-0.25, -0.2) is 0 Å². The lowest BCUT2D eigenvalue weighted by Gasteiger charge is -2.46. The molecule has 5 heteroatoms. The van der Waals surface area contributed by atoms with Gasteiger partial charge in [0.1, 0.15) is 5.58 Å². The number of hydrogen-bond donors (Lipinski definition) is 0. The molecule has 0 radical (unpaired) electrons. The molecule has 4 aliphatic rings. The maximum atomic E-state index is 7.29. The minimum absolute atomic E-state index is 0.00281. The normalized spacial score (nSPS) is 17.4. The van der Waals surface area contributed by atoms with E-state index in [1.807, 2.05) is 0 Å². The highest BCUT2D eigenvalue weighted by atomic mass is 16.3. The molecule has 0 spiro atoms. The van der Waals surface area contributed by atoms with Crippen molar-refractivity contribution in [3.8, 4) is 0 Å². The summed E-state index contributed by atoms with van der Waals surface area (Å²) in [5.74, 6) is 0. The molecule has 9 aromatic rings. The highest BCUT2D eigenvalue weighted by Crippen LogP contribution is 2.55. The van der Waals surface area contributed by atoms with E-state index in [0.717, 1.165) is 57.8 Å². The smallest absolute Gasteiger partial charge is 0.252 e. The first kappa shape index (κ1) is 53.3. The number of nitrogens with zero attached hydrogens (tertiary/aromatic N) is 3. The Labute approximate surface area is 484 Å². The van der Waals surface area contributed by atoms with Crippen LogP contribution in [0.2, 0.25) is 0 Å². The van der Waals surface area contributed by atoms with Gasteiger partial charge < -0.3 is 19.1 Å². The van der Waals surface area contributed by atoms with E-state index < -0.39 is 0 Å². The standard InChI is InChI=1S/C76H84BN3O/c1-46-39-64-68-65(40-46)80(61-36-34-55(72(8,9)10)67-53-21-19-20-22-66(53)81-69(61)67)62-42-52(78(49-27-23-47(24-28-49)70(2,3)4)50-29-25-48(26-30-50)71(5,6)7)32-35-59(62)77(68)60-43-57-58(76(17,18)45-75(57,15)16)44-63(60)79(64)51-31-33-54-56(41-51)74(13,14)38-37-73(54,11)12/h19-36,39-44H,37-38,45H2,1-18H3. The highest BCUT2D eigenvalue weighted by Gasteiger charge is 2.49. The Hall–Kier alpha value is -6.98. The second-order valence-corrected chi connectivity index (χ2v) is 30.6. The van der Waals surface area contributed by atoms with Crippen LogP contribution in [0.5, 0.6) is 0 Å². The summed E-state index contributed by atoms with van der Waals surface area (Å²) < 4.78 is 7.29. The molecular formula is C76H84BN3O. The van der Waals surface area contributed by atoms with Crippen molar-refractivity contribution in [3.05, 3.63) is 190 Å². The average Bonchev–Trinajstić information content (AvgIpc) is 4.11. The Morgan fingerprint density at radius 3 is 1.60 bits per heavy atom. The third-order valence-corrected chi connectivity index (χ3v) is 19.6. The maximum absolute atomic E-state index is 7.29. The SMILES string of the molecule is Cc1cc2c3c(c1)N(c1ccc(C(C)(C)C)c4c1oc1ccccc14)c1cc(N(c4ccc(C(C)(C)C)cc4)c4ccc(C(C)(C)C)cc4)ccc1B3c1cc3c(cc1N2c1ccc2c(c1)C(C)(C)CCC2(C)C)C(C)(C)CC3(C)C. The summed E-state index contributed by atoms with van der Waals surface area (Å²) in [7, 11) is 0. The molecule has 3 heterocycles. The summed E-state index contributed by atoms with van der Waals surface area (Å²) in [6.07, 6.45) is 3.43. The first-order valence-corrected chi connectivity index (χ1v) is 30.1. The number of fused-ring (bicyclic) bond motifs is 9. The molecule has 412 valence electrons. The van der Waals surface area contributed by atoms with Crippen molar-refractivity contribution in [1.82, 2.24) is 0 Å². The zero-order chi connectivity index (χ0) is 57.5. The zero-order valence-corrected chi connectivity index (χ0v) is 51.8. The van der Waals surface area contributed by atoms with Gasteiger partial charge in [-0.3, -0.25) is 0 Å². The van der Waals surface area contributed by atoms with Crippen LogP contribution in [0.25, 0.3) is 21.9 Å². The largest absolute Gasteiger partial charge is 0.454 e.